The molecule has 160 valence electrons. The fourth-order valence-electron chi connectivity index (χ4n) is 1.73. The highest BCUT2D eigenvalue weighted by molar-refractivity contribution is 14.1. The van der Waals surface area contributed by atoms with Crippen LogP contribution in [0.4, 0.5) is 0 Å². The third-order valence-corrected chi connectivity index (χ3v) is 5.04. The van der Waals surface area contributed by atoms with Crippen LogP contribution >= 0.6 is 45.2 Å². The van der Waals surface area contributed by atoms with Crippen molar-refractivity contribution >= 4 is 69.5 Å². The highest BCUT2D eigenvalue weighted by Crippen LogP contribution is 2.12. The summed E-state index contributed by atoms with van der Waals surface area (Å²) in [6.07, 6.45) is 5.21. The number of hydrogen-bond acceptors (Lipinski definition) is 5. The first-order valence-electron chi connectivity index (χ1n) is 8.97. The van der Waals surface area contributed by atoms with Crippen molar-refractivity contribution in [2.45, 2.75) is 13.8 Å². The molecular weight excluding hydrogens is 610 g/mol. The fourth-order valence-corrected chi connectivity index (χ4v) is 2.81. The number of aldehydes is 1. The number of ether oxygens (including phenoxy) is 2. The molecule has 2 rings (SSSR count). The van der Waals surface area contributed by atoms with Gasteiger partial charge in [-0.05, 0) is 82.8 Å². The Morgan fingerprint density at radius 3 is 1.70 bits per heavy atom. The predicted molar refractivity (Wildman–Crippen MR) is 136 cm³/mol. The van der Waals surface area contributed by atoms with E-state index in [2.05, 4.69) is 56.5 Å². The summed E-state index contributed by atoms with van der Waals surface area (Å²) in [6, 6.07) is 15.3. The summed E-state index contributed by atoms with van der Waals surface area (Å²) >= 11 is 4.35. The van der Waals surface area contributed by atoms with E-state index in [4.69, 9.17) is 4.74 Å². The second-order valence-corrected chi connectivity index (χ2v) is 7.53. The lowest BCUT2D eigenvalue weighted by Gasteiger charge is -1.97. The van der Waals surface area contributed by atoms with Crippen LogP contribution in [-0.4, -0.2) is 31.4 Å². The van der Waals surface area contributed by atoms with Crippen LogP contribution in [0.3, 0.4) is 0 Å². The van der Waals surface area contributed by atoms with Crippen molar-refractivity contribution in [3.63, 3.8) is 0 Å². The summed E-state index contributed by atoms with van der Waals surface area (Å²) in [5.41, 5.74) is 1.79. The normalized spacial score (nSPS) is 9.33. The maximum Gasteiger partial charge on any atom is 0.330 e. The summed E-state index contributed by atoms with van der Waals surface area (Å²) in [4.78, 5) is 31.3. The Bertz CT molecular complexity index is 847. The number of hydrogen-bond donors (Lipinski definition) is 0. The maximum atomic E-state index is 11.0. The lowest BCUT2D eigenvalue weighted by molar-refractivity contribution is -0.138. The zero-order valence-corrected chi connectivity index (χ0v) is 21.2. The minimum Gasteiger partial charge on any atom is -0.463 e. The molecule has 0 aliphatic heterocycles. The highest BCUT2D eigenvalue weighted by Gasteiger charge is 1.96. The molecule has 0 aromatic heterocycles. The molecule has 0 atom stereocenters. The van der Waals surface area contributed by atoms with Gasteiger partial charge in [0.05, 0.1) is 13.2 Å². The molecule has 0 aliphatic rings. The first-order chi connectivity index (χ1) is 14.4. The minimum absolute atomic E-state index is 0.299. The molecule has 2 aromatic rings. The average molecular weight is 634 g/mol. The van der Waals surface area contributed by atoms with E-state index >= 15 is 0 Å². The Morgan fingerprint density at radius 2 is 1.33 bits per heavy atom. The van der Waals surface area contributed by atoms with Gasteiger partial charge in [0.2, 0.25) is 0 Å². The van der Waals surface area contributed by atoms with Gasteiger partial charge in [0.25, 0.3) is 0 Å². The third kappa shape index (κ3) is 13.3. The molecule has 0 saturated carbocycles. The van der Waals surface area contributed by atoms with Crippen molar-refractivity contribution in [3.05, 3.63) is 85.5 Å². The lowest BCUT2D eigenvalue weighted by atomic mass is 10.2. The van der Waals surface area contributed by atoms with Crippen LogP contribution in [0.25, 0.3) is 6.08 Å². The van der Waals surface area contributed by atoms with Crippen LogP contribution in [0.2, 0.25) is 0 Å². The van der Waals surface area contributed by atoms with E-state index in [1.54, 1.807) is 26.0 Å². The number of esters is 2. The zero-order chi connectivity index (χ0) is 22.8. The van der Waals surface area contributed by atoms with Gasteiger partial charge in [-0.25, -0.2) is 9.59 Å². The Balaban J connectivity index is 0.000000454. The van der Waals surface area contributed by atoms with E-state index in [0.29, 0.717) is 13.2 Å². The second-order valence-electron chi connectivity index (χ2n) is 5.20. The molecule has 0 heterocycles. The summed E-state index contributed by atoms with van der Waals surface area (Å²) in [6.45, 7) is 7.58. The number of carbonyl (C=O) groups excluding carboxylic acids is 3. The van der Waals surface area contributed by atoms with Gasteiger partial charge in [0.1, 0.15) is 0 Å². The second kappa shape index (κ2) is 17.8. The molecule has 30 heavy (non-hydrogen) atoms. The largest absolute Gasteiger partial charge is 0.463 e. The van der Waals surface area contributed by atoms with Crippen LogP contribution in [-0.2, 0) is 19.1 Å². The van der Waals surface area contributed by atoms with E-state index in [1.807, 2.05) is 42.5 Å². The third-order valence-electron chi connectivity index (χ3n) is 3.08. The van der Waals surface area contributed by atoms with Crippen molar-refractivity contribution in [3.8, 4) is 0 Å². The lowest BCUT2D eigenvalue weighted by Crippen LogP contribution is -1.98. The Hall–Kier alpha value is -2.01. The van der Waals surface area contributed by atoms with E-state index in [9.17, 15) is 14.4 Å². The molecule has 7 heteroatoms. The Morgan fingerprint density at radius 1 is 0.867 bits per heavy atom. The van der Waals surface area contributed by atoms with Crippen molar-refractivity contribution < 1.29 is 23.9 Å². The highest BCUT2D eigenvalue weighted by atomic mass is 127. The van der Waals surface area contributed by atoms with Crippen LogP contribution in [0.5, 0.6) is 0 Å². The smallest absolute Gasteiger partial charge is 0.330 e. The van der Waals surface area contributed by atoms with Gasteiger partial charge in [0.15, 0.2) is 6.29 Å². The molecule has 0 saturated heterocycles. The van der Waals surface area contributed by atoms with Crippen molar-refractivity contribution in [1.82, 2.24) is 0 Å². The minimum atomic E-state index is -0.359. The number of benzene rings is 2. The van der Waals surface area contributed by atoms with Gasteiger partial charge in [-0.2, -0.15) is 0 Å². The summed E-state index contributed by atoms with van der Waals surface area (Å²) in [5.74, 6) is -0.658. The van der Waals surface area contributed by atoms with Crippen molar-refractivity contribution in [1.29, 1.82) is 0 Å². The van der Waals surface area contributed by atoms with E-state index in [0.717, 1.165) is 30.6 Å². The number of rotatable bonds is 6. The van der Waals surface area contributed by atoms with Gasteiger partial charge in [0, 0.05) is 24.9 Å². The summed E-state index contributed by atoms with van der Waals surface area (Å²) in [7, 11) is 0. The topological polar surface area (TPSA) is 69.7 Å². The molecule has 0 amide bonds. The molecule has 0 bridgehead atoms. The maximum absolute atomic E-state index is 11.0. The first-order valence-corrected chi connectivity index (χ1v) is 11.1. The average Bonchev–Trinajstić information content (AvgIpc) is 2.75. The van der Waals surface area contributed by atoms with Crippen LogP contribution in [0, 0.1) is 7.14 Å². The SMILES string of the molecule is C=CC(=O)OCC.CCOC(=O)/C=C/c1ccccc1I.O=Cc1ccccc1I. The molecule has 0 unspecified atom stereocenters. The van der Waals surface area contributed by atoms with Crippen LogP contribution in [0.15, 0.2) is 67.3 Å². The molecular formula is C23H24I2O5. The van der Waals surface area contributed by atoms with Gasteiger partial charge in [-0.3, -0.25) is 4.79 Å². The van der Waals surface area contributed by atoms with Gasteiger partial charge in [-0.15, -0.1) is 0 Å². The van der Waals surface area contributed by atoms with Crippen molar-refractivity contribution in [2.75, 3.05) is 13.2 Å². The van der Waals surface area contributed by atoms with Crippen molar-refractivity contribution in [2.24, 2.45) is 0 Å². The quantitative estimate of drug-likeness (QED) is 0.177. The standard InChI is InChI=1S/C11H11IO2.C7H5IO.C5H8O2/c1-2-14-11(13)8-7-9-5-3-4-6-10(9)12;8-7-4-2-1-3-6(7)5-9;1-3-5(6)7-4-2/h3-8H,2H2,1H3;1-5H;3H,1,4H2,2H3/b8-7+;;. The molecule has 0 radical (unpaired) electrons. The Labute approximate surface area is 204 Å². The van der Waals surface area contributed by atoms with E-state index in [1.165, 1.54) is 6.08 Å². The summed E-state index contributed by atoms with van der Waals surface area (Å²) in [5, 5.41) is 0. The van der Waals surface area contributed by atoms with Gasteiger partial charge >= 0.3 is 11.9 Å². The zero-order valence-electron chi connectivity index (χ0n) is 16.8. The number of carbonyl (C=O) groups is 3. The van der Waals surface area contributed by atoms with Gasteiger partial charge < -0.3 is 9.47 Å². The van der Waals surface area contributed by atoms with E-state index in [-0.39, 0.29) is 11.9 Å². The fraction of sp³-hybridized carbons (Fsp3) is 0.174. The van der Waals surface area contributed by atoms with Crippen LogP contribution in [0.1, 0.15) is 29.8 Å². The van der Waals surface area contributed by atoms with Crippen LogP contribution < -0.4 is 0 Å². The number of halogens is 2. The predicted octanol–water partition coefficient (Wildman–Crippen LogP) is 5.71. The molecule has 0 aliphatic carbocycles. The molecule has 0 N–H and O–H groups in total. The Kier molecular flexibility index (Phi) is 16.6. The summed E-state index contributed by atoms with van der Waals surface area (Å²) < 4.78 is 11.3. The monoisotopic (exact) mass is 634 g/mol. The molecule has 2 aromatic carbocycles. The first kappa shape index (κ1) is 28.0. The van der Waals surface area contributed by atoms with Gasteiger partial charge in [-0.1, -0.05) is 43.0 Å². The molecule has 5 nitrogen and oxygen atoms in total. The van der Waals surface area contributed by atoms with E-state index < -0.39 is 0 Å². The molecule has 0 fully saturated rings. The molecule has 0 spiro atoms.